The molecule has 3 rings (SSSR count). The zero-order valence-corrected chi connectivity index (χ0v) is 10.6. The SMILES string of the molecule is OC(CCN1CC2CCC1C2)c1ccc(F)cc1. The first-order valence-electron chi connectivity index (χ1n) is 6.90. The van der Waals surface area contributed by atoms with Crippen molar-refractivity contribution in [3.8, 4) is 0 Å². The minimum absolute atomic E-state index is 0.247. The van der Waals surface area contributed by atoms with Crippen LogP contribution in [0.4, 0.5) is 4.39 Å². The first-order valence-corrected chi connectivity index (χ1v) is 6.90. The standard InChI is InChI=1S/C15H20FNO/c16-13-4-2-12(3-5-13)15(18)7-8-17-10-11-1-6-14(17)9-11/h2-5,11,14-15,18H,1,6-10H2. The summed E-state index contributed by atoms with van der Waals surface area (Å²) in [7, 11) is 0. The molecule has 0 amide bonds. The molecule has 2 nitrogen and oxygen atoms in total. The second kappa shape index (κ2) is 4.98. The molecular formula is C15H20FNO. The Bertz CT molecular complexity index is 405. The fraction of sp³-hybridized carbons (Fsp3) is 0.600. The van der Waals surface area contributed by atoms with E-state index in [0.29, 0.717) is 0 Å². The maximum absolute atomic E-state index is 12.8. The molecule has 3 atom stereocenters. The monoisotopic (exact) mass is 249 g/mol. The Hall–Kier alpha value is -0.930. The number of nitrogens with zero attached hydrogens (tertiary/aromatic N) is 1. The number of piperidine rings is 1. The van der Waals surface area contributed by atoms with Crippen LogP contribution in [0, 0.1) is 11.7 Å². The Morgan fingerprint density at radius 3 is 2.67 bits per heavy atom. The third-order valence-electron chi connectivity index (χ3n) is 4.47. The Morgan fingerprint density at radius 1 is 1.28 bits per heavy atom. The normalized spacial score (nSPS) is 28.8. The number of rotatable bonds is 4. The molecule has 1 aromatic rings. The van der Waals surface area contributed by atoms with Gasteiger partial charge in [0, 0.05) is 19.1 Å². The fourth-order valence-electron chi connectivity index (χ4n) is 3.44. The molecule has 98 valence electrons. The van der Waals surface area contributed by atoms with E-state index in [-0.39, 0.29) is 5.82 Å². The van der Waals surface area contributed by atoms with Gasteiger partial charge < -0.3 is 5.11 Å². The number of likely N-dealkylation sites (tertiary alicyclic amines) is 1. The molecular weight excluding hydrogens is 229 g/mol. The smallest absolute Gasteiger partial charge is 0.123 e. The van der Waals surface area contributed by atoms with Crippen LogP contribution in [-0.2, 0) is 0 Å². The van der Waals surface area contributed by atoms with Crippen LogP contribution in [0.25, 0.3) is 0 Å². The van der Waals surface area contributed by atoms with Crippen LogP contribution in [0.2, 0.25) is 0 Å². The summed E-state index contributed by atoms with van der Waals surface area (Å²) in [6, 6.07) is 6.94. The highest BCUT2D eigenvalue weighted by Crippen LogP contribution is 2.37. The van der Waals surface area contributed by atoms with Gasteiger partial charge in [0.25, 0.3) is 0 Å². The highest BCUT2D eigenvalue weighted by atomic mass is 19.1. The summed E-state index contributed by atoms with van der Waals surface area (Å²) in [6.45, 7) is 2.17. The molecule has 0 spiro atoms. The molecule has 3 heteroatoms. The molecule has 1 aromatic carbocycles. The van der Waals surface area contributed by atoms with Crippen molar-refractivity contribution in [2.24, 2.45) is 5.92 Å². The highest BCUT2D eigenvalue weighted by Gasteiger charge is 2.37. The number of fused-ring (bicyclic) bond motifs is 2. The Labute approximate surface area is 107 Å². The van der Waals surface area contributed by atoms with Gasteiger partial charge in [0.05, 0.1) is 6.10 Å². The van der Waals surface area contributed by atoms with Crippen molar-refractivity contribution in [3.05, 3.63) is 35.6 Å². The number of hydrogen-bond donors (Lipinski definition) is 1. The van der Waals surface area contributed by atoms with Crippen molar-refractivity contribution in [1.29, 1.82) is 0 Å². The van der Waals surface area contributed by atoms with Crippen LogP contribution in [-0.4, -0.2) is 29.1 Å². The summed E-state index contributed by atoms with van der Waals surface area (Å²) in [5.41, 5.74) is 0.820. The zero-order chi connectivity index (χ0) is 12.5. The number of halogens is 1. The van der Waals surface area contributed by atoms with Gasteiger partial charge in [0.1, 0.15) is 5.82 Å². The third-order valence-corrected chi connectivity index (χ3v) is 4.47. The number of benzene rings is 1. The predicted molar refractivity (Wildman–Crippen MR) is 68.7 cm³/mol. The molecule has 1 heterocycles. The lowest BCUT2D eigenvalue weighted by Gasteiger charge is -2.27. The maximum atomic E-state index is 12.8. The molecule has 2 bridgehead atoms. The first kappa shape index (κ1) is 12.1. The van der Waals surface area contributed by atoms with Gasteiger partial charge >= 0.3 is 0 Å². The molecule has 1 aliphatic carbocycles. The quantitative estimate of drug-likeness (QED) is 0.887. The predicted octanol–water partition coefficient (Wildman–Crippen LogP) is 2.73. The van der Waals surface area contributed by atoms with Crippen molar-refractivity contribution >= 4 is 0 Å². The van der Waals surface area contributed by atoms with E-state index < -0.39 is 6.10 Å². The summed E-state index contributed by atoms with van der Waals surface area (Å²) in [4.78, 5) is 2.51. The molecule has 1 aliphatic heterocycles. The largest absolute Gasteiger partial charge is 0.388 e. The Kier molecular flexibility index (Phi) is 3.35. The van der Waals surface area contributed by atoms with Crippen molar-refractivity contribution in [2.45, 2.75) is 37.8 Å². The lowest BCUT2D eigenvalue weighted by atomic mass is 10.1. The number of aliphatic hydroxyl groups excluding tert-OH is 1. The average Bonchev–Trinajstić information content (AvgIpc) is 2.99. The van der Waals surface area contributed by atoms with Crippen LogP contribution < -0.4 is 0 Å². The Balaban J connectivity index is 1.52. The fourth-order valence-corrected chi connectivity index (χ4v) is 3.44. The maximum Gasteiger partial charge on any atom is 0.123 e. The van der Waals surface area contributed by atoms with Gasteiger partial charge in [0.2, 0.25) is 0 Å². The molecule has 2 fully saturated rings. The highest BCUT2D eigenvalue weighted by molar-refractivity contribution is 5.18. The summed E-state index contributed by atoms with van der Waals surface area (Å²) in [5, 5.41) is 10.1. The van der Waals surface area contributed by atoms with E-state index in [1.165, 1.54) is 37.9 Å². The van der Waals surface area contributed by atoms with Crippen LogP contribution >= 0.6 is 0 Å². The van der Waals surface area contributed by atoms with E-state index in [4.69, 9.17) is 0 Å². The number of aliphatic hydroxyl groups is 1. The van der Waals surface area contributed by atoms with E-state index in [1.54, 1.807) is 12.1 Å². The molecule has 0 radical (unpaired) electrons. The molecule has 1 saturated carbocycles. The van der Waals surface area contributed by atoms with E-state index in [2.05, 4.69) is 4.90 Å². The summed E-state index contributed by atoms with van der Waals surface area (Å²) in [5.74, 6) is 0.653. The van der Waals surface area contributed by atoms with Crippen molar-refractivity contribution in [2.75, 3.05) is 13.1 Å². The lowest BCUT2D eigenvalue weighted by molar-refractivity contribution is 0.129. The van der Waals surface area contributed by atoms with E-state index >= 15 is 0 Å². The topological polar surface area (TPSA) is 23.5 Å². The third kappa shape index (κ3) is 2.43. The van der Waals surface area contributed by atoms with Gasteiger partial charge in [0.15, 0.2) is 0 Å². The van der Waals surface area contributed by atoms with Crippen molar-refractivity contribution in [1.82, 2.24) is 4.90 Å². The van der Waals surface area contributed by atoms with Gasteiger partial charge in [-0.2, -0.15) is 0 Å². The molecule has 3 unspecified atom stereocenters. The van der Waals surface area contributed by atoms with Crippen LogP contribution in [0.15, 0.2) is 24.3 Å². The second-order valence-corrected chi connectivity index (χ2v) is 5.68. The van der Waals surface area contributed by atoms with Gasteiger partial charge in [-0.25, -0.2) is 4.39 Å². The first-order chi connectivity index (χ1) is 8.72. The van der Waals surface area contributed by atoms with Gasteiger partial charge in [-0.05, 0) is 49.3 Å². The minimum atomic E-state index is -0.468. The lowest BCUT2D eigenvalue weighted by Crippen LogP contribution is -2.33. The van der Waals surface area contributed by atoms with Crippen molar-refractivity contribution < 1.29 is 9.50 Å². The summed E-state index contributed by atoms with van der Waals surface area (Å²) < 4.78 is 12.8. The van der Waals surface area contributed by atoms with E-state index in [0.717, 1.165) is 30.5 Å². The van der Waals surface area contributed by atoms with Gasteiger partial charge in [-0.3, -0.25) is 4.90 Å². The summed E-state index contributed by atoms with van der Waals surface area (Å²) in [6.07, 6.45) is 4.35. The van der Waals surface area contributed by atoms with Gasteiger partial charge in [-0.15, -0.1) is 0 Å². The molecule has 18 heavy (non-hydrogen) atoms. The van der Waals surface area contributed by atoms with Crippen molar-refractivity contribution in [3.63, 3.8) is 0 Å². The average molecular weight is 249 g/mol. The Morgan fingerprint density at radius 2 is 2.06 bits per heavy atom. The van der Waals surface area contributed by atoms with Crippen LogP contribution in [0.3, 0.4) is 0 Å². The van der Waals surface area contributed by atoms with Crippen LogP contribution in [0.1, 0.15) is 37.4 Å². The molecule has 2 aliphatic rings. The zero-order valence-electron chi connectivity index (χ0n) is 10.6. The minimum Gasteiger partial charge on any atom is -0.388 e. The molecule has 1 N–H and O–H groups in total. The molecule has 1 saturated heterocycles. The number of hydrogen-bond acceptors (Lipinski definition) is 2. The summed E-state index contributed by atoms with van der Waals surface area (Å²) >= 11 is 0. The molecule has 0 aromatic heterocycles. The van der Waals surface area contributed by atoms with Gasteiger partial charge in [-0.1, -0.05) is 12.1 Å². The second-order valence-electron chi connectivity index (χ2n) is 5.68. The van der Waals surface area contributed by atoms with Crippen LogP contribution in [0.5, 0.6) is 0 Å². The van der Waals surface area contributed by atoms with E-state index in [9.17, 15) is 9.50 Å². The van der Waals surface area contributed by atoms with E-state index in [1.807, 2.05) is 0 Å².